The molecular weight excluding hydrogens is 539 g/mol. The second-order valence-electron chi connectivity index (χ2n) is 14.3. The summed E-state index contributed by atoms with van der Waals surface area (Å²) in [7, 11) is 1.69. The van der Waals surface area contributed by atoms with Crippen molar-refractivity contribution in [2.24, 2.45) is 29.4 Å². The van der Waals surface area contributed by atoms with E-state index < -0.39 is 11.7 Å². The lowest BCUT2D eigenvalue weighted by atomic mass is 9.69. The van der Waals surface area contributed by atoms with E-state index in [1.165, 1.54) is 57.8 Å². The quantitative estimate of drug-likeness (QED) is 0.300. The average molecular weight is 596 g/mol. The minimum Gasteiger partial charge on any atom is -0.373 e. The molecule has 3 saturated heterocycles. The highest BCUT2D eigenvalue weighted by atomic mass is 31.0. The molecule has 0 bridgehead atoms. The Hall–Kier alpha value is -0.370. The van der Waals surface area contributed by atoms with Gasteiger partial charge < -0.3 is 20.7 Å². The van der Waals surface area contributed by atoms with Gasteiger partial charge in [0.15, 0.2) is 0 Å². The van der Waals surface area contributed by atoms with Crippen molar-refractivity contribution in [1.82, 2.24) is 20.7 Å². The van der Waals surface area contributed by atoms with Gasteiger partial charge in [-0.05, 0) is 76.0 Å². The van der Waals surface area contributed by atoms with Gasteiger partial charge in [0.2, 0.25) is 0 Å². The maximum Gasteiger partial charge on any atom is 0.273 e. The highest BCUT2D eigenvalue weighted by Gasteiger charge is 2.55. The van der Waals surface area contributed by atoms with E-state index in [9.17, 15) is 8.78 Å². The van der Waals surface area contributed by atoms with E-state index in [0.29, 0.717) is 36.7 Å². The van der Waals surface area contributed by atoms with E-state index in [-0.39, 0.29) is 30.5 Å². The second-order valence-corrected chi connectivity index (χ2v) is 15.1. The number of rotatable bonds is 10. The van der Waals surface area contributed by atoms with E-state index in [1.54, 1.807) is 9.24 Å². The summed E-state index contributed by atoms with van der Waals surface area (Å²) in [6, 6.07) is 0.497. The summed E-state index contributed by atoms with van der Waals surface area (Å²) in [5.41, 5.74) is 8.89. The van der Waals surface area contributed by atoms with E-state index >= 15 is 0 Å². The molecule has 234 valence electrons. The maximum atomic E-state index is 14.0. The third-order valence-electron chi connectivity index (χ3n) is 12.0. The Kier molecular flexibility index (Phi) is 9.39. The average Bonchev–Trinajstić information content (AvgIpc) is 3.67. The molecular formula is C32H56F2N5OP. The fraction of sp³-hybridized carbons (Fsp3) is 0.938. The highest BCUT2D eigenvalue weighted by molar-refractivity contribution is 7.18. The first kappa shape index (κ1) is 30.6. The first-order valence-corrected chi connectivity index (χ1v) is 17.6. The van der Waals surface area contributed by atoms with Crippen molar-refractivity contribution in [3.63, 3.8) is 0 Å². The van der Waals surface area contributed by atoms with Gasteiger partial charge in [-0.1, -0.05) is 48.9 Å². The molecule has 9 atom stereocenters. The molecule has 41 heavy (non-hydrogen) atoms. The smallest absolute Gasteiger partial charge is 0.273 e. The molecule has 0 aromatic rings. The van der Waals surface area contributed by atoms with Gasteiger partial charge in [0.25, 0.3) is 5.66 Å². The second kappa shape index (κ2) is 12.6. The largest absolute Gasteiger partial charge is 0.373 e. The lowest BCUT2D eigenvalue weighted by Gasteiger charge is -2.51. The van der Waals surface area contributed by atoms with Crippen LogP contribution in [0.25, 0.3) is 0 Å². The predicted octanol–water partition coefficient (Wildman–Crippen LogP) is 5.25. The highest BCUT2D eigenvalue weighted by Crippen LogP contribution is 2.46. The maximum absolute atomic E-state index is 14.0. The van der Waals surface area contributed by atoms with Crippen LogP contribution in [0.1, 0.15) is 97.3 Å². The number of nitrogens with one attached hydrogen (secondary N) is 2. The molecule has 0 aromatic heterocycles. The van der Waals surface area contributed by atoms with Gasteiger partial charge in [0, 0.05) is 54.8 Å². The summed E-state index contributed by atoms with van der Waals surface area (Å²) in [5.74, 6) is 2.36. The SMILES string of the molecule is C=C(C1CNC(C(F)(F)P)CC1N)N1CCC2C(C(C(CC)OC3CC3)NN2C2CCC(C3CCC3)CC2)C1CC. The van der Waals surface area contributed by atoms with Crippen LogP contribution in [0.3, 0.4) is 0 Å². The van der Waals surface area contributed by atoms with E-state index in [2.05, 4.69) is 41.1 Å². The van der Waals surface area contributed by atoms with Crippen LogP contribution in [0.2, 0.25) is 0 Å². The van der Waals surface area contributed by atoms with Crippen molar-refractivity contribution in [3.05, 3.63) is 12.3 Å². The van der Waals surface area contributed by atoms with Crippen LogP contribution in [-0.4, -0.2) is 77.1 Å². The molecule has 3 aliphatic heterocycles. The Labute approximate surface area is 249 Å². The number of nitrogens with two attached hydrogens (primary N) is 1. The Bertz CT molecular complexity index is 905. The molecule has 0 spiro atoms. The molecule has 3 aliphatic carbocycles. The minimum absolute atomic E-state index is 0.0282. The van der Waals surface area contributed by atoms with Crippen molar-refractivity contribution in [2.75, 3.05) is 13.1 Å². The number of hydrazine groups is 1. The summed E-state index contributed by atoms with van der Waals surface area (Å²) < 4.78 is 34.8. The van der Waals surface area contributed by atoms with E-state index in [0.717, 1.165) is 43.3 Å². The van der Waals surface area contributed by atoms with Gasteiger partial charge in [0.1, 0.15) is 0 Å². The minimum atomic E-state index is -2.85. The topological polar surface area (TPSA) is 65.8 Å². The number of nitrogens with zero attached hydrogens (tertiary/aromatic N) is 2. The van der Waals surface area contributed by atoms with Crippen LogP contribution in [0.15, 0.2) is 12.3 Å². The molecule has 0 aromatic carbocycles. The van der Waals surface area contributed by atoms with Gasteiger partial charge in [-0.25, -0.2) is 19.2 Å². The van der Waals surface area contributed by atoms with Gasteiger partial charge in [-0.15, -0.1) is 0 Å². The van der Waals surface area contributed by atoms with E-state index in [1.807, 2.05) is 0 Å². The van der Waals surface area contributed by atoms with Crippen LogP contribution in [0, 0.1) is 23.7 Å². The zero-order chi connectivity index (χ0) is 28.9. The van der Waals surface area contributed by atoms with Crippen molar-refractivity contribution >= 4 is 9.24 Å². The van der Waals surface area contributed by atoms with Crippen LogP contribution in [-0.2, 0) is 4.74 Å². The van der Waals surface area contributed by atoms with Gasteiger partial charge in [-0.3, -0.25) is 0 Å². The molecule has 6 fully saturated rings. The molecule has 6 rings (SSSR count). The number of alkyl halides is 2. The Morgan fingerprint density at radius 3 is 2.34 bits per heavy atom. The first-order valence-electron chi connectivity index (χ1n) is 17.0. The van der Waals surface area contributed by atoms with Gasteiger partial charge >= 0.3 is 0 Å². The molecule has 0 radical (unpaired) electrons. The van der Waals surface area contributed by atoms with Crippen molar-refractivity contribution < 1.29 is 13.5 Å². The van der Waals surface area contributed by atoms with Crippen molar-refractivity contribution in [3.8, 4) is 0 Å². The summed E-state index contributed by atoms with van der Waals surface area (Å²) in [4.78, 5) is 2.53. The van der Waals surface area contributed by atoms with Gasteiger partial charge in [-0.2, -0.15) is 0 Å². The van der Waals surface area contributed by atoms with Crippen molar-refractivity contribution in [1.29, 1.82) is 0 Å². The van der Waals surface area contributed by atoms with Crippen molar-refractivity contribution in [2.45, 2.75) is 151 Å². The predicted molar refractivity (Wildman–Crippen MR) is 164 cm³/mol. The van der Waals surface area contributed by atoms with Crippen LogP contribution < -0.4 is 16.5 Å². The fourth-order valence-electron chi connectivity index (χ4n) is 9.27. The molecule has 9 unspecified atom stereocenters. The third kappa shape index (κ3) is 6.27. The lowest BCUT2D eigenvalue weighted by molar-refractivity contribution is -0.0143. The van der Waals surface area contributed by atoms with E-state index in [4.69, 9.17) is 10.5 Å². The Morgan fingerprint density at radius 1 is 1.07 bits per heavy atom. The van der Waals surface area contributed by atoms with Gasteiger partial charge in [0.05, 0.1) is 24.3 Å². The number of fused-ring (bicyclic) bond motifs is 1. The summed E-state index contributed by atoms with van der Waals surface area (Å²) in [5, 5.41) is 5.81. The van der Waals surface area contributed by atoms with Crippen LogP contribution in [0.5, 0.6) is 0 Å². The monoisotopic (exact) mass is 595 g/mol. The lowest BCUT2D eigenvalue weighted by Crippen LogP contribution is -2.60. The normalized spacial score (nSPS) is 41.6. The Balaban J connectivity index is 1.19. The molecule has 3 saturated carbocycles. The summed E-state index contributed by atoms with van der Waals surface area (Å²) in [6.07, 6.45) is 16.1. The first-order chi connectivity index (χ1) is 19.7. The Morgan fingerprint density at radius 2 is 1.78 bits per heavy atom. The van der Waals surface area contributed by atoms with Crippen LogP contribution >= 0.6 is 9.24 Å². The molecule has 6 nitrogen and oxygen atoms in total. The van der Waals surface area contributed by atoms with Crippen LogP contribution in [0.4, 0.5) is 8.78 Å². The summed E-state index contributed by atoms with van der Waals surface area (Å²) >= 11 is 0. The fourth-order valence-corrected chi connectivity index (χ4v) is 9.52. The number of likely N-dealkylation sites (tertiary alicyclic amines) is 1. The molecule has 3 heterocycles. The molecule has 0 amide bonds. The zero-order valence-electron chi connectivity index (χ0n) is 25.5. The molecule has 6 aliphatic rings. The number of halogens is 2. The standard InChI is InChI=1S/C32H56F2N5OP/c1-4-26-30-27(15-16-38(26)19(3)24-18-36-29(17-25(24)35)32(33,34)41)39(37-31(30)28(5-2)40-23-13-14-23)22-11-9-21(10-12-22)20-7-6-8-20/h20-31,36-37H,3-18,35,41H2,1-2H3. The zero-order valence-corrected chi connectivity index (χ0v) is 26.6. The number of ether oxygens (including phenoxy) is 1. The summed E-state index contributed by atoms with van der Waals surface area (Å²) in [6.45, 7) is 10.6. The number of hydrogen-bond donors (Lipinski definition) is 3. The third-order valence-corrected chi connectivity index (χ3v) is 12.4. The molecule has 4 N–H and O–H groups in total. The number of piperidine rings is 2. The number of hydrogen-bond acceptors (Lipinski definition) is 6. The molecule has 9 heteroatoms.